The van der Waals surface area contributed by atoms with Gasteiger partial charge < -0.3 is 4.57 Å². The predicted molar refractivity (Wildman–Crippen MR) is 128 cm³/mol. The van der Waals surface area contributed by atoms with E-state index in [-0.39, 0.29) is 5.91 Å². The van der Waals surface area contributed by atoms with Crippen molar-refractivity contribution < 1.29 is 4.79 Å². The molecule has 1 aliphatic heterocycles. The minimum atomic E-state index is -0.0583. The van der Waals surface area contributed by atoms with Crippen LogP contribution in [0.25, 0.3) is 17.0 Å². The van der Waals surface area contributed by atoms with Crippen LogP contribution in [0.15, 0.2) is 47.5 Å². The summed E-state index contributed by atoms with van der Waals surface area (Å²) in [6.07, 6.45) is 4.95. The highest BCUT2D eigenvalue weighted by atomic mass is 35.5. The summed E-state index contributed by atoms with van der Waals surface area (Å²) >= 11 is 18.9. The van der Waals surface area contributed by atoms with Crippen molar-refractivity contribution in [3.05, 3.63) is 74.2 Å². The average Bonchev–Trinajstić information content (AvgIpc) is 3.17. The van der Waals surface area contributed by atoms with Crippen molar-refractivity contribution in [2.75, 3.05) is 7.05 Å². The number of rotatable bonds is 4. The van der Waals surface area contributed by atoms with Gasteiger partial charge in [-0.2, -0.15) is 0 Å². The Morgan fingerprint density at radius 2 is 1.97 bits per heavy atom. The first-order chi connectivity index (χ1) is 13.9. The third-order valence-corrected chi connectivity index (χ3v) is 7.23. The molecule has 3 nitrogen and oxygen atoms in total. The number of para-hydroxylation sites is 1. The highest BCUT2D eigenvalue weighted by molar-refractivity contribution is 8.26. The smallest absolute Gasteiger partial charge is 0.265 e. The maximum Gasteiger partial charge on any atom is 0.265 e. The van der Waals surface area contributed by atoms with Crippen molar-refractivity contribution in [1.29, 1.82) is 0 Å². The molecular formula is C22H18Cl2N2OS2. The molecule has 4 rings (SSSR count). The number of hydrogen-bond acceptors (Lipinski definition) is 3. The Morgan fingerprint density at radius 3 is 2.62 bits per heavy atom. The molecule has 1 fully saturated rings. The molecule has 1 aromatic heterocycles. The SMILES string of the molecule is CCc1cccc2c(/C=C3\SC(=S)N(C)C3=O)cn(Cc3ccc(Cl)c(Cl)c3)c12. The Balaban J connectivity index is 1.84. The van der Waals surface area contributed by atoms with E-state index in [0.29, 0.717) is 25.8 Å². The Morgan fingerprint density at radius 1 is 1.17 bits per heavy atom. The van der Waals surface area contributed by atoms with Gasteiger partial charge in [-0.3, -0.25) is 9.69 Å². The predicted octanol–water partition coefficient (Wildman–Crippen LogP) is 6.39. The van der Waals surface area contributed by atoms with Crippen LogP contribution in [0.2, 0.25) is 10.0 Å². The molecule has 0 N–H and O–H groups in total. The molecule has 0 spiro atoms. The summed E-state index contributed by atoms with van der Waals surface area (Å²) in [6.45, 7) is 2.81. The van der Waals surface area contributed by atoms with Gasteiger partial charge in [0.1, 0.15) is 4.32 Å². The number of thioether (sulfide) groups is 1. The van der Waals surface area contributed by atoms with E-state index in [2.05, 4.69) is 35.9 Å². The number of likely N-dealkylation sites (N-methyl/N-ethyl adjacent to an activating group) is 1. The number of halogens is 2. The first-order valence-corrected chi connectivity index (χ1v) is 11.1. The quantitative estimate of drug-likeness (QED) is 0.333. The molecule has 0 bridgehead atoms. The van der Waals surface area contributed by atoms with E-state index in [1.54, 1.807) is 7.05 Å². The Bertz CT molecular complexity index is 1180. The van der Waals surface area contributed by atoms with Gasteiger partial charge in [0.25, 0.3) is 5.91 Å². The summed E-state index contributed by atoms with van der Waals surface area (Å²) in [6, 6.07) is 12.0. The number of aromatic nitrogens is 1. The summed E-state index contributed by atoms with van der Waals surface area (Å²) in [7, 11) is 1.71. The maximum absolute atomic E-state index is 12.5. The standard InChI is InChI=1S/C22H18Cl2N2OS2/c1-3-14-5-4-6-16-15(10-19-21(27)25(2)22(28)29-19)12-26(20(14)16)11-13-7-8-17(23)18(24)9-13/h4-10,12H,3,11H2,1-2H3/b19-10-. The molecule has 29 heavy (non-hydrogen) atoms. The minimum absolute atomic E-state index is 0.0583. The molecule has 0 radical (unpaired) electrons. The molecule has 1 saturated heterocycles. The first kappa shape index (κ1) is 20.5. The van der Waals surface area contributed by atoms with Crippen LogP contribution in [0.5, 0.6) is 0 Å². The number of amides is 1. The van der Waals surface area contributed by atoms with Crippen LogP contribution in [0.4, 0.5) is 0 Å². The van der Waals surface area contributed by atoms with E-state index >= 15 is 0 Å². The summed E-state index contributed by atoms with van der Waals surface area (Å²) in [4.78, 5) is 14.6. The summed E-state index contributed by atoms with van der Waals surface area (Å²) in [5.41, 5.74) is 4.49. The third kappa shape index (κ3) is 3.84. The molecule has 0 saturated carbocycles. The second-order valence-corrected chi connectivity index (χ2v) is 9.36. The lowest BCUT2D eigenvalue weighted by Crippen LogP contribution is -2.22. The summed E-state index contributed by atoms with van der Waals surface area (Å²) in [5, 5.41) is 2.21. The van der Waals surface area contributed by atoms with Gasteiger partial charge in [0.15, 0.2) is 0 Å². The van der Waals surface area contributed by atoms with Crippen molar-refractivity contribution in [2.45, 2.75) is 19.9 Å². The fraction of sp³-hybridized carbons (Fsp3) is 0.182. The monoisotopic (exact) mass is 460 g/mol. The highest BCUT2D eigenvalue weighted by Gasteiger charge is 2.29. The highest BCUT2D eigenvalue weighted by Crippen LogP contribution is 2.34. The zero-order valence-electron chi connectivity index (χ0n) is 15.9. The van der Waals surface area contributed by atoms with Crippen LogP contribution < -0.4 is 0 Å². The van der Waals surface area contributed by atoms with Crippen LogP contribution in [-0.2, 0) is 17.8 Å². The Labute approximate surface area is 189 Å². The van der Waals surface area contributed by atoms with E-state index in [1.165, 1.54) is 27.7 Å². The van der Waals surface area contributed by atoms with Crippen LogP contribution in [-0.4, -0.2) is 26.7 Å². The van der Waals surface area contributed by atoms with Gasteiger partial charge in [-0.1, -0.05) is 78.4 Å². The van der Waals surface area contributed by atoms with Crippen molar-refractivity contribution in [2.24, 2.45) is 0 Å². The molecule has 1 amide bonds. The molecule has 2 heterocycles. The number of nitrogens with zero attached hydrogens (tertiary/aromatic N) is 2. The molecule has 148 valence electrons. The van der Waals surface area contributed by atoms with E-state index in [9.17, 15) is 4.79 Å². The lowest BCUT2D eigenvalue weighted by molar-refractivity contribution is -0.121. The van der Waals surface area contributed by atoms with Crippen LogP contribution in [0.3, 0.4) is 0 Å². The largest absolute Gasteiger partial charge is 0.342 e. The second-order valence-electron chi connectivity index (χ2n) is 6.87. The molecule has 0 aliphatic carbocycles. The third-order valence-electron chi connectivity index (χ3n) is 5.00. The van der Waals surface area contributed by atoms with Crippen molar-refractivity contribution in [3.8, 4) is 0 Å². The van der Waals surface area contributed by atoms with Crippen molar-refractivity contribution in [3.63, 3.8) is 0 Å². The zero-order valence-corrected chi connectivity index (χ0v) is 19.1. The van der Waals surface area contributed by atoms with Gasteiger partial charge in [0.2, 0.25) is 0 Å². The van der Waals surface area contributed by atoms with Crippen molar-refractivity contribution in [1.82, 2.24) is 9.47 Å². The Kier molecular flexibility index (Phi) is 5.76. The number of carbonyl (C=O) groups is 1. The minimum Gasteiger partial charge on any atom is -0.342 e. The Hall–Kier alpha value is -1.79. The van der Waals surface area contributed by atoms with Crippen molar-refractivity contribution >= 4 is 74.4 Å². The molecule has 1 aliphatic rings. The van der Waals surface area contributed by atoms with E-state index in [1.807, 2.05) is 24.3 Å². The molecule has 7 heteroatoms. The first-order valence-electron chi connectivity index (χ1n) is 9.15. The van der Waals surface area contributed by atoms with Crippen LogP contribution >= 0.6 is 47.2 Å². The van der Waals surface area contributed by atoms with E-state index < -0.39 is 0 Å². The number of hydrogen-bond donors (Lipinski definition) is 0. The zero-order chi connectivity index (χ0) is 20.7. The molecule has 3 aromatic rings. The number of thiocarbonyl (C=S) groups is 1. The van der Waals surface area contributed by atoms with Gasteiger partial charge in [-0.25, -0.2) is 0 Å². The van der Waals surface area contributed by atoms with Gasteiger partial charge >= 0.3 is 0 Å². The van der Waals surface area contributed by atoms with Gasteiger partial charge in [-0.15, -0.1) is 0 Å². The maximum atomic E-state index is 12.5. The molecule has 0 unspecified atom stereocenters. The van der Waals surface area contributed by atoms with E-state index in [0.717, 1.165) is 22.9 Å². The number of fused-ring (bicyclic) bond motifs is 1. The number of benzene rings is 2. The van der Waals surface area contributed by atoms with Gasteiger partial charge in [-0.05, 0) is 35.8 Å². The normalized spacial score (nSPS) is 15.9. The lowest BCUT2D eigenvalue weighted by Gasteiger charge is -2.09. The molecule has 2 aromatic carbocycles. The van der Waals surface area contributed by atoms with Gasteiger partial charge in [0.05, 0.1) is 20.5 Å². The fourth-order valence-corrected chi connectivity index (χ4v) is 5.00. The number of carbonyl (C=O) groups excluding carboxylic acids is 1. The topological polar surface area (TPSA) is 25.2 Å². The summed E-state index contributed by atoms with van der Waals surface area (Å²) in [5.74, 6) is -0.0583. The van der Waals surface area contributed by atoms with Crippen LogP contribution in [0, 0.1) is 0 Å². The van der Waals surface area contributed by atoms with E-state index in [4.69, 9.17) is 35.4 Å². The average molecular weight is 461 g/mol. The van der Waals surface area contributed by atoms with Gasteiger partial charge in [0, 0.05) is 30.7 Å². The fourth-order valence-electron chi connectivity index (χ4n) is 3.51. The second kappa shape index (κ2) is 8.15. The summed E-state index contributed by atoms with van der Waals surface area (Å²) < 4.78 is 2.79. The number of aryl methyl sites for hydroxylation is 1. The van der Waals surface area contributed by atoms with Crippen LogP contribution in [0.1, 0.15) is 23.6 Å². The lowest BCUT2D eigenvalue weighted by atomic mass is 10.1. The molecular weight excluding hydrogens is 443 g/mol. The molecule has 0 atom stereocenters.